The van der Waals surface area contributed by atoms with Crippen LogP contribution < -0.4 is 15.5 Å². The Bertz CT molecular complexity index is 541. The van der Waals surface area contributed by atoms with Gasteiger partial charge in [0.25, 0.3) is 0 Å². The number of anilines is 1. The number of methoxy groups -OCH3 is 1. The molecule has 118 valence electrons. The monoisotopic (exact) mass is 308 g/mol. The van der Waals surface area contributed by atoms with Gasteiger partial charge in [-0.1, -0.05) is 5.46 Å². The molecule has 0 saturated heterocycles. The molecule has 1 aromatic rings. The zero-order valence-electron chi connectivity index (χ0n) is 12.0. The van der Waals surface area contributed by atoms with Gasteiger partial charge in [0.2, 0.25) is 0 Å². The average molecular weight is 308 g/mol. The molecule has 0 aliphatic rings. The summed E-state index contributed by atoms with van der Waals surface area (Å²) in [6.07, 6.45) is -0.925. The molecule has 1 rings (SSSR count). The molecule has 1 aromatic carbocycles. The predicted octanol–water partition coefficient (Wildman–Crippen LogP) is 3.24. The van der Waals surface area contributed by atoms with E-state index in [4.69, 9.17) is 9.47 Å². The van der Waals surface area contributed by atoms with Crippen LogP contribution in [0.3, 0.4) is 0 Å². The fraction of sp³-hybridized carbons (Fsp3) is 0.417. The number of nitrogens with one attached hydrogen (secondary N) is 1. The quantitative estimate of drug-likeness (QED) is 0.689. The standard InChI is InChI=1S/C12H15BF4NO3/c1-12(2,3)21-11(19)18-9-6-8(14)7(13(15,16)17)5-10(9)20-4/h5-6H,1-4H3,(H,18,19)/q-1. The number of benzene rings is 1. The van der Waals surface area contributed by atoms with E-state index >= 15 is 0 Å². The molecule has 21 heavy (non-hydrogen) atoms. The molecule has 0 radical (unpaired) electrons. The summed E-state index contributed by atoms with van der Waals surface area (Å²) in [4.78, 5) is 11.6. The number of rotatable bonds is 3. The second-order valence-electron chi connectivity index (χ2n) is 5.28. The Morgan fingerprint density at radius 2 is 1.81 bits per heavy atom. The number of carbonyl (C=O) groups is 1. The van der Waals surface area contributed by atoms with Crippen LogP contribution >= 0.6 is 0 Å². The van der Waals surface area contributed by atoms with Gasteiger partial charge in [-0.25, -0.2) is 9.18 Å². The summed E-state index contributed by atoms with van der Waals surface area (Å²) >= 11 is 0. The molecule has 1 N–H and O–H groups in total. The summed E-state index contributed by atoms with van der Waals surface area (Å²) in [7, 11) is 1.11. The summed E-state index contributed by atoms with van der Waals surface area (Å²) in [6, 6.07) is 1.05. The zero-order valence-corrected chi connectivity index (χ0v) is 12.0. The van der Waals surface area contributed by atoms with Gasteiger partial charge in [0, 0.05) is 0 Å². The number of hydrogen-bond donors (Lipinski definition) is 1. The van der Waals surface area contributed by atoms with Crippen LogP contribution in [0.25, 0.3) is 0 Å². The van der Waals surface area contributed by atoms with Crippen molar-refractivity contribution in [2.75, 3.05) is 12.4 Å². The van der Waals surface area contributed by atoms with Crippen molar-refractivity contribution in [3.8, 4) is 5.75 Å². The minimum atomic E-state index is -5.52. The highest BCUT2D eigenvalue weighted by Crippen LogP contribution is 2.27. The zero-order chi connectivity index (χ0) is 16.4. The minimum Gasteiger partial charge on any atom is -0.495 e. The molecule has 9 heteroatoms. The summed E-state index contributed by atoms with van der Waals surface area (Å²) in [5, 5.41) is 2.15. The van der Waals surface area contributed by atoms with Gasteiger partial charge < -0.3 is 22.4 Å². The lowest BCUT2D eigenvalue weighted by molar-refractivity contribution is 0.0635. The van der Waals surface area contributed by atoms with E-state index in [0.29, 0.717) is 12.1 Å². The third-order valence-corrected chi connectivity index (χ3v) is 2.31. The Morgan fingerprint density at radius 3 is 2.24 bits per heavy atom. The lowest BCUT2D eigenvalue weighted by Gasteiger charge is -2.22. The van der Waals surface area contributed by atoms with E-state index < -0.39 is 30.0 Å². The molecule has 0 aromatic heterocycles. The first-order chi connectivity index (χ1) is 9.44. The van der Waals surface area contributed by atoms with Crippen LogP contribution in [0.4, 0.5) is 27.8 Å². The number of amides is 1. The largest absolute Gasteiger partial charge is 0.512 e. The lowest BCUT2D eigenvalue weighted by Crippen LogP contribution is -2.37. The van der Waals surface area contributed by atoms with E-state index in [1.54, 1.807) is 20.8 Å². The maximum Gasteiger partial charge on any atom is 0.512 e. The highest BCUT2D eigenvalue weighted by molar-refractivity contribution is 6.73. The van der Waals surface area contributed by atoms with E-state index in [9.17, 15) is 22.1 Å². The molecule has 0 atom stereocenters. The van der Waals surface area contributed by atoms with Crippen molar-refractivity contribution in [3.05, 3.63) is 17.9 Å². The number of ether oxygens (including phenoxy) is 2. The Labute approximate surface area is 119 Å². The molecule has 4 nitrogen and oxygen atoms in total. The van der Waals surface area contributed by atoms with Crippen LogP contribution in [0.1, 0.15) is 20.8 Å². The van der Waals surface area contributed by atoms with E-state index in [0.717, 1.165) is 7.11 Å². The summed E-state index contributed by atoms with van der Waals surface area (Å²) in [5.41, 5.74) is -2.46. The van der Waals surface area contributed by atoms with Crippen LogP contribution in [-0.4, -0.2) is 25.8 Å². The first kappa shape index (κ1) is 17.1. The van der Waals surface area contributed by atoms with Gasteiger partial charge >= 0.3 is 13.1 Å². The number of halogens is 4. The number of hydrogen-bond acceptors (Lipinski definition) is 3. The Morgan fingerprint density at radius 1 is 1.24 bits per heavy atom. The van der Waals surface area contributed by atoms with Crippen LogP contribution in [0.5, 0.6) is 5.75 Å². The molecule has 0 fully saturated rings. The van der Waals surface area contributed by atoms with Gasteiger partial charge in [0.15, 0.2) is 0 Å². The molecular formula is C12H15BF4NO3-. The maximum absolute atomic E-state index is 13.5. The van der Waals surface area contributed by atoms with E-state index in [-0.39, 0.29) is 11.4 Å². The molecular weight excluding hydrogens is 293 g/mol. The van der Waals surface area contributed by atoms with Crippen LogP contribution in [0.2, 0.25) is 0 Å². The first-order valence-corrected chi connectivity index (χ1v) is 6.01. The minimum absolute atomic E-state index is 0.243. The van der Waals surface area contributed by atoms with Crippen molar-refractivity contribution < 1.29 is 31.6 Å². The fourth-order valence-corrected chi connectivity index (χ4v) is 1.50. The average Bonchev–Trinajstić information content (AvgIpc) is 2.24. The second-order valence-corrected chi connectivity index (χ2v) is 5.28. The van der Waals surface area contributed by atoms with Crippen molar-refractivity contribution in [2.45, 2.75) is 26.4 Å². The van der Waals surface area contributed by atoms with Crippen molar-refractivity contribution >= 4 is 24.2 Å². The van der Waals surface area contributed by atoms with E-state index in [1.807, 2.05) is 0 Å². The fourth-order valence-electron chi connectivity index (χ4n) is 1.50. The third kappa shape index (κ3) is 4.84. The van der Waals surface area contributed by atoms with Crippen LogP contribution in [-0.2, 0) is 4.74 Å². The molecule has 0 heterocycles. The SMILES string of the molecule is COc1cc([B-](F)(F)F)c(F)cc1NC(=O)OC(C)(C)C. The summed E-state index contributed by atoms with van der Waals surface area (Å²) < 4.78 is 61.1. The first-order valence-electron chi connectivity index (χ1n) is 6.01. The van der Waals surface area contributed by atoms with E-state index in [1.165, 1.54) is 0 Å². The highest BCUT2D eigenvalue weighted by Gasteiger charge is 2.30. The topological polar surface area (TPSA) is 47.6 Å². The third-order valence-electron chi connectivity index (χ3n) is 2.31. The smallest absolute Gasteiger partial charge is 0.495 e. The van der Waals surface area contributed by atoms with Crippen LogP contribution in [0, 0.1) is 5.82 Å². The molecule has 0 spiro atoms. The normalized spacial score (nSPS) is 12.0. The van der Waals surface area contributed by atoms with Crippen LogP contribution in [0.15, 0.2) is 12.1 Å². The molecule has 0 bridgehead atoms. The van der Waals surface area contributed by atoms with Gasteiger partial charge in [-0.15, -0.1) is 0 Å². The molecule has 0 saturated carbocycles. The molecule has 1 amide bonds. The summed E-state index contributed by atoms with van der Waals surface area (Å²) in [6.45, 7) is -0.687. The van der Waals surface area contributed by atoms with Gasteiger partial charge in [0.1, 0.15) is 11.4 Å². The number of carbonyl (C=O) groups excluding carboxylic acids is 1. The maximum atomic E-state index is 13.5. The van der Waals surface area contributed by atoms with Crippen molar-refractivity contribution in [1.29, 1.82) is 0 Å². The molecule has 0 unspecified atom stereocenters. The highest BCUT2D eigenvalue weighted by atomic mass is 19.4. The van der Waals surface area contributed by atoms with Crippen molar-refractivity contribution in [1.82, 2.24) is 0 Å². The predicted molar refractivity (Wildman–Crippen MR) is 71.5 cm³/mol. The van der Waals surface area contributed by atoms with Gasteiger partial charge in [0.05, 0.1) is 18.6 Å². The van der Waals surface area contributed by atoms with Crippen molar-refractivity contribution in [2.24, 2.45) is 0 Å². The Kier molecular flexibility index (Phi) is 4.75. The Balaban J connectivity index is 3.09. The lowest BCUT2D eigenvalue weighted by atomic mass is 9.79. The van der Waals surface area contributed by atoms with Gasteiger partial charge in [-0.05, 0) is 32.9 Å². The second kappa shape index (κ2) is 5.83. The van der Waals surface area contributed by atoms with Crippen molar-refractivity contribution in [3.63, 3.8) is 0 Å². The Hall–Kier alpha value is -1.93. The molecule has 0 aliphatic carbocycles. The van der Waals surface area contributed by atoms with E-state index in [2.05, 4.69) is 5.32 Å². The summed E-state index contributed by atoms with van der Waals surface area (Å²) in [5.74, 6) is -1.80. The van der Waals surface area contributed by atoms with Gasteiger partial charge in [-0.3, -0.25) is 5.32 Å². The van der Waals surface area contributed by atoms with Gasteiger partial charge in [-0.2, -0.15) is 0 Å². The molecule has 0 aliphatic heterocycles.